The lowest BCUT2D eigenvalue weighted by molar-refractivity contribution is 0.0329. The van der Waals surface area contributed by atoms with Gasteiger partial charge in [-0.2, -0.15) is 0 Å². The fourth-order valence-electron chi connectivity index (χ4n) is 2.78. The molecule has 2 rings (SSSR count). The van der Waals surface area contributed by atoms with Crippen molar-refractivity contribution in [2.75, 3.05) is 6.54 Å². The fraction of sp³-hybridized carbons (Fsp3) is 0.923. The minimum absolute atomic E-state index is 0.0428. The summed E-state index contributed by atoms with van der Waals surface area (Å²) in [6, 6.07) is 0.434. The van der Waals surface area contributed by atoms with Crippen molar-refractivity contribution in [1.29, 1.82) is 0 Å². The van der Waals surface area contributed by atoms with E-state index in [4.69, 9.17) is 4.74 Å². The van der Waals surface area contributed by atoms with Gasteiger partial charge in [-0.15, -0.1) is 0 Å². The lowest BCUT2D eigenvalue weighted by Gasteiger charge is -2.47. The van der Waals surface area contributed by atoms with Gasteiger partial charge in [0.1, 0.15) is 5.60 Å². The van der Waals surface area contributed by atoms with Crippen LogP contribution in [-0.2, 0) is 4.74 Å². The molecule has 0 bridgehead atoms. The van der Waals surface area contributed by atoms with Crippen molar-refractivity contribution >= 4 is 6.09 Å². The second kappa shape index (κ2) is 4.48. The van der Waals surface area contributed by atoms with E-state index in [2.05, 4.69) is 10.6 Å². The molecule has 1 aliphatic carbocycles. The van der Waals surface area contributed by atoms with Crippen molar-refractivity contribution in [3.05, 3.63) is 0 Å². The van der Waals surface area contributed by atoms with Gasteiger partial charge >= 0.3 is 6.09 Å². The van der Waals surface area contributed by atoms with E-state index in [0.29, 0.717) is 6.04 Å². The topological polar surface area (TPSA) is 50.4 Å². The van der Waals surface area contributed by atoms with E-state index in [1.807, 2.05) is 20.8 Å². The third-order valence-electron chi connectivity index (χ3n) is 3.72. The molecule has 1 unspecified atom stereocenters. The second-order valence-corrected chi connectivity index (χ2v) is 6.29. The van der Waals surface area contributed by atoms with Crippen LogP contribution in [0.25, 0.3) is 0 Å². The van der Waals surface area contributed by atoms with Crippen LogP contribution in [0.1, 0.15) is 52.9 Å². The predicted molar refractivity (Wildman–Crippen MR) is 67.0 cm³/mol. The third-order valence-corrected chi connectivity index (χ3v) is 3.72. The van der Waals surface area contributed by atoms with Gasteiger partial charge in [-0.1, -0.05) is 0 Å². The van der Waals surface area contributed by atoms with Crippen LogP contribution in [-0.4, -0.2) is 29.8 Å². The molecular formula is C13H24N2O2. The van der Waals surface area contributed by atoms with Crippen molar-refractivity contribution in [1.82, 2.24) is 10.6 Å². The lowest BCUT2D eigenvalue weighted by atomic mass is 9.71. The monoisotopic (exact) mass is 240 g/mol. The van der Waals surface area contributed by atoms with Crippen LogP contribution in [0, 0.1) is 0 Å². The molecule has 2 N–H and O–H groups in total. The Bertz CT molecular complexity index is 286. The standard InChI is InChI=1S/C13H24N2O2/c1-12(2,3)17-11(16)15-13(7-5-8-13)10-6-4-9-14-10/h10,14H,4-9H2,1-3H3,(H,15,16). The van der Waals surface area contributed by atoms with E-state index in [0.717, 1.165) is 25.8 Å². The van der Waals surface area contributed by atoms with Gasteiger partial charge in [0.25, 0.3) is 0 Å². The average molecular weight is 240 g/mol. The first-order chi connectivity index (χ1) is 7.91. The van der Waals surface area contributed by atoms with E-state index in [-0.39, 0.29) is 11.6 Å². The molecule has 0 aromatic carbocycles. The van der Waals surface area contributed by atoms with E-state index in [1.165, 1.54) is 12.8 Å². The van der Waals surface area contributed by atoms with Crippen LogP contribution < -0.4 is 10.6 Å². The Kier molecular flexibility index (Phi) is 3.34. The van der Waals surface area contributed by atoms with Gasteiger partial charge in [0.15, 0.2) is 0 Å². The normalized spacial score (nSPS) is 27.4. The number of amides is 1. The highest BCUT2D eigenvalue weighted by atomic mass is 16.6. The van der Waals surface area contributed by atoms with Crippen molar-refractivity contribution in [2.24, 2.45) is 0 Å². The summed E-state index contributed by atoms with van der Waals surface area (Å²) >= 11 is 0. The van der Waals surface area contributed by atoms with Gasteiger partial charge in [-0.25, -0.2) is 4.79 Å². The molecule has 0 aromatic rings. The number of hydrogen-bond acceptors (Lipinski definition) is 3. The molecule has 0 aromatic heterocycles. The zero-order valence-electron chi connectivity index (χ0n) is 11.1. The van der Waals surface area contributed by atoms with Crippen molar-refractivity contribution in [2.45, 2.75) is 70.1 Å². The molecule has 1 saturated heterocycles. The van der Waals surface area contributed by atoms with Crippen LogP contribution in [0.3, 0.4) is 0 Å². The molecule has 2 aliphatic rings. The number of alkyl carbamates (subject to hydrolysis) is 1. The maximum Gasteiger partial charge on any atom is 0.408 e. The Morgan fingerprint density at radius 2 is 2.06 bits per heavy atom. The van der Waals surface area contributed by atoms with Gasteiger partial charge in [0.05, 0.1) is 5.54 Å². The van der Waals surface area contributed by atoms with Gasteiger partial charge < -0.3 is 15.4 Å². The first-order valence-corrected chi connectivity index (χ1v) is 6.66. The van der Waals surface area contributed by atoms with E-state index < -0.39 is 5.60 Å². The zero-order chi connectivity index (χ0) is 12.5. The number of carbonyl (C=O) groups is 1. The van der Waals surface area contributed by atoms with Gasteiger partial charge in [0, 0.05) is 6.04 Å². The molecule has 1 amide bonds. The molecule has 2 fully saturated rings. The molecule has 1 atom stereocenters. The van der Waals surface area contributed by atoms with Crippen molar-refractivity contribution in [3.8, 4) is 0 Å². The number of ether oxygens (including phenoxy) is 1. The molecular weight excluding hydrogens is 216 g/mol. The number of nitrogens with one attached hydrogen (secondary N) is 2. The Morgan fingerprint density at radius 3 is 2.47 bits per heavy atom. The van der Waals surface area contributed by atoms with Crippen LogP contribution in [0.4, 0.5) is 4.79 Å². The summed E-state index contributed by atoms with van der Waals surface area (Å²) in [4.78, 5) is 11.9. The summed E-state index contributed by atoms with van der Waals surface area (Å²) in [7, 11) is 0. The van der Waals surface area contributed by atoms with Gasteiger partial charge in [-0.3, -0.25) is 0 Å². The van der Waals surface area contributed by atoms with E-state index in [9.17, 15) is 4.79 Å². The highest BCUT2D eigenvalue weighted by Crippen LogP contribution is 2.38. The van der Waals surface area contributed by atoms with E-state index in [1.54, 1.807) is 0 Å². The molecule has 1 heterocycles. The molecule has 98 valence electrons. The first-order valence-electron chi connectivity index (χ1n) is 6.66. The fourth-order valence-corrected chi connectivity index (χ4v) is 2.78. The summed E-state index contributed by atoms with van der Waals surface area (Å²) in [5, 5.41) is 6.60. The number of hydrogen-bond donors (Lipinski definition) is 2. The van der Waals surface area contributed by atoms with Crippen LogP contribution >= 0.6 is 0 Å². The molecule has 1 aliphatic heterocycles. The highest BCUT2D eigenvalue weighted by Gasteiger charge is 2.46. The van der Waals surface area contributed by atoms with Gasteiger partial charge in [0.2, 0.25) is 0 Å². The lowest BCUT2D eigenvalue weighted by Crippen LogP contribution is -2.64. The number of rotatable bonds is 2. The van der Waals surface area contributed by atoms with Gasteiger partial charge in [-0.05, 0) is 59.4 Å². The minimum atomic E-state index is -0.419. The maximum absolute atomic E-state index is 11.9. The zero-order valence-corrected chi connectivity index (χ0v) is 11.1. The summed E-state index contributed by atoms with van der Waals surface area (Å²) in [6.45, 7) is 6.76. The molecule has 4 heteroatoms. The smallest absolute Gasteiger partial charge is 0.408 e. The Hall–Kier alpha value is -0.770. The SMILES string of the molecule is CC(C)(C)OC(=O)NC1(C2CCCN2)CCC1. The summed E-state index contributed by atoms with van der Waals surface area (Å²) < 4.78 is 5.35. The Balaban J connectivity index is 1.93. The maximum atomic E-state index is 11.9. The van der Waals surface area contributed by atoms with Crippen molar-refractivity contribution < 1.29 is 9.53 Å². The molecule has 0 radical (unpaired) electrons. The Labute approximate surface area is 103 Å². The number of carbonyl (C=O) groups excluding carboxylic acids is 1. The third kappa shape index (κ3) is 2.92. The van der Waals surface area contributed by atoms with Crippen LogP contribution in [0.5, 0.6) is 0 Å². The van der Waals surface area contributed by atoms with Crippen molar-refractivity contribution in [3.63, 3.8) is 0 Å². The minimum Gasteiger partial charge on any atom is -0.444 e. The summed E-state index contributed by atoms with van der Waals surface area (Å²) in [5.41, 5.74) is -0.461. The quantitative estimate of drug-likeness (QED) is 0.778. The van der Waals surface area contributed by atoms with Crippen LogP contribution in [0.15, 0.2) is 0 Å². The molecule has 1 saturated carbocycles. The van der Waals surface area contributed by atoms with Crippen LogP contribution in [0.2, 0.25) is 0 Å². The van der Waals surface area contributed by atoms with E-state index >= 15 is 0 Å². The molecule has 17 heavy (non-hydrogen) atoms. The second-order valence-electron chi connectivity index (χ2n) is 6.29. The summed E-state index contributed by atoms with van der Waals surface area (Å²) in [5.74, 6) is 0. The highest BCUT2D eigenvalue weighted by molar-refractivity contribution is 5.69. The molecule has 0 spiro atoms. The molecule has 4 nitrogen and oxygen atoms in total. The summed E-state index contributed by atoms with van der Waals surface area (Å²) in [6.07, 6.45) is 5.45. The predicted octanol–water partition coefficient (Wildman–Crippen LogP) is 2.19. The Morgan fingerprint density at radius 1 is 1.35 bits per heavy atom. The first kappa shape index (κ1) is 12.7. The average Bonchev–Trinajstić information content (AvgIpc) is 2.60. The largest absolute Gasteiger partial charge is 0.444 e.